The number of hydrogen-bond acceptors (Lipinski definition) is 4. The maximum atomic E-state index is 13.3. The molecule has 0 radical (unpaired) electrons. The molecular weight excluding hydrogens is 292 g/mol. The molecule has 0 aliphatic heterocycles. The first-order chi connectivity index (χ1) is 10.0. The summed E-state index contributed by atoms with van der Waals surface area (Å²) >= 11 is 1.36. The average molecular weight is 311 g/mol. The summed E-state index contributed by atoms with van der Waals surface area (Å²) in [7, 11) is 0. The molecule has 0 amide bonds. The Hall–Kier alpha value is -1.40. The van der Waals surface area contributed by atoms with Crippen molar-refractivity contribution < 1.29 is 8.78 Å². The Morgan fingerprint density at radius 2 is 2.00 bits per heavy atom. The van der Waals surface area contributed by atoms with E-state index in [1.54, 1.807) is 6.07 Å². The number of hydrogen-bond donors (Lipinski definition) is 1. The highest BCUT2D eigenvalue weighted by Gasteiger charge is 2.21. The van der Waals surface area contributed by atoms with E-state index in [1.165, 1.54) is 23.7 Å². The second-order valence-electron chi connectivity index (χ2n) is 5.24. The van der Waals surface area contributed by atoms with Crippen LogP contribution >= 0.6 is 11.5 Å². The first kappa shape index (κ1) is 16.0. The van der Waals surface area contributed by atoms with Gasteiger partial charge in [0.05, 0.1) is 10.6 Å². The van der Waals surface area contributed by atoms with Crippen LogP contribution in [0.2, 0.25) is 0 Å². The molecule has 0 spiro atoms. The number of nitrogens with zero attached hydrogens (tertiary/aromatic N) is 2. The van der Waals surface area contributed by atoms with Crippen molar-refractivity contribution in [3.63, 3.8) is 0 Å². The predicted molar refractivity (Wildman–Crippen MR) is 80.5 cm³/mol. The van der Waals surface area contributed by atoms with Crippen LogP contribution in [0.1, 0.15) is 48.9 Å². The van der Waals surface area contributed by atoms with Crippen molar-refractivity contribution >= 4 is 11.5 Å². The van der Waals surface area contributed by atoms with E-state index in [1.807, 2.05) is 6.92 Å². The number of aromatic nitrogens is 2. The summed E-state index contributed by atoms with van der Waals surface area (Å²) in [5, 5.41) is 7.56. The fraction of sp³-hybridized carbons (Fsp3) is 0.467. The van der Waals surface area contributed by atoms with Crippen LogP contribution < -0.4 is 5.32 Å². The van der Waals surface area contributed by atoms with Gasteiger partial charge in [-0.15, -0.1) is 5.10 Å². The van der Waals surface area contributed by atoms with Crippen LogP contribution in [0.25, 0.3) is 0 Å². The van der Waals surface area contributed by atoms with Crippen LogP contribution in [-0.4, -0.2) is 16.1 Å². The summed E-state index contributed by atoms with van der Waals surface area (Å²) in [5.41, 5.74) is 1.72. The van der Waals surface area contributed by atoms with Gasteiger partial charge in [0.2, 0.25) is 0 Å². The Balaban J connectivity index is 2.26. The van der Waals surface area contributed by atoms with Crippen LogP contribution in [0, 0.1) is 11.6 Å². The lowest BCUT2D eigenvalue weighted by molar-refractivity contribution is 0.502. The highest BCUT2D eigenvalue weighted by Crippen LogP contribution is 2.28. The lowest BCUT2D eigenvalue weighted by Crippen LogP contribution is -2.23. The molecule has 3 nitrogen and oxygen atoms in total. The van der Waals surface area contributed by atoms with Crippen LogP contribution in [0.15, 0.2) is 18.2 Å². The van der Waals surface area contributed by atoms with Crippen molar-refractivity contribution in [2.45, 2.75) is 39.2 Å². The van der Waals surface area contributed by atoms with Gasteiger partial charge in [0.25, 0.3) is 0 Å². The minimum absolute atomic E-state index is 0.0114. The first-order valence-electron chi connectivity index (χ1n) is 7.02. The first-order valence-corrected chi connectivity index (χ1v) is 7.79. The zero-order valence-corrected chi connectivity index (χ0v) is 13.2. The molecule has 114 valence electrons. The molecule has 1 aromatic heterocycles. The van der Waals surface area contributed by atoms with Gasteiger partial charge in [0, 0.05) is 6.04 Å². The molecule has 2 rings (SSSR count). The Kier molecular flexibility index (Phi) is 5.36. The highest BCUT2D eigenvalue weighted by atomic mass is 32.1. The number of likely N-dealkylation sites (N-methyl/N-ethyl adjacent to an activating group) is 1. The Morgan fingerprint density at radius 3 is 2.62 bits per heavy atom. The highest BCUT2D eigenvalue weighted by molar-refractivity contribution is 7.05. The number of nitrogens with one attached hydrogen (secondary N) is 1. The van der Waals surface area contributed by atoms with E-state index in [2.05, 4.69) is 28.8 Å². The third-order valence-electron chi connectivity index (χ3n) is 3.28. The lowest BCUT2D eigenvalue weighted by Gasteiger charge is -2.18. The van der Waals surface area contributed by atoms with Crippen molar-refractivity contribution in [3.05, 3.63) is 46.0 Å². The van der Waals surface area contributed by atoms with E-state index in [0.717, 1.165) is 22.7 Å². The molecule has 1 unspecified atom stereocenters. The molecule has 1 aromatic carbocycles. The number of benzene rings is 1. The molecule has 0 saturated carbocycles. The third kappa shape index (κ3) is 3.83. The predicted octanol–water partition coefficient (Wildman–Crippen LogP) is 3.83. The molecule has 0 aliphatic carbocycles. The van der Waals surface area contributed by atoms with E-state index in [9.17, 15) is 8.78 Å². The lowest BCUT2D eigenvalue weighted by atomic mass is 10.00. The van der Waals surface area contributed by atoms with E-state index in [0.29, 0.717) is 6.42 Å². The summed E-state index contributed by atoms with van der Waals surface area (Å²) in [4.78, 5) is 1.07. The average Bonchev–Trinajstić information content (AvgIpc) is 2.92. The smallest absolute Gasteiger partial charge is 0.159 e. The molecule has 0 saturated heterocycles. The van der Waals surface area contributed by atoms with Gasteiger partial charge in [-0.2, -0.15) is 0 Å². The minimum Gasteiger partial charge on any atom is -0.309 e. The molecular formula is C15H19F2N3S. The molecule has 21 heavy (non-hydrogen) atoms. The summed E-state index contributed by atoms with van der Waals surface area (Å²) in [6.07, 6.45) is 0.578. The minimum atomic E-state index is -0.818. The van der Waals surface area contributed by atoms with Crippen LogP contribution in [-0.2, 0) is 6.42 Å². The van der Waals surface area contributed by atoms with Gasteiger partial charge in [-0.25, -0.2) is 8.78 Å². The zero-order chi connectivity index (χ0) is 15.4. The van der Waals surface area contributed by atoms with E-state index in [-0.39, 0.29) is 12.0 Å². The Morgan fingerprint density at radius 1 is 1.24 bits per heavy atom. The van der Waals surface area contributed by atoms with Crippen LogP contribution in [0.5, 0.6) is 0 Å². The Bertz CT molecular complexity index is 598. The molecule has 1 atom stereocenters. The summed E-state index contributed by atoms with van der Waals surface area (Å²) in [5.74, 6) is -1.35. The normalized spacial score (nSPS) is 12.9. The maximum Gasteiger partial charge on any atom is 0.159 e. The molecule has 0 aliphatic rings. The van der Waals surface area contributed by atoms with Gasteiger partial charge < -0.3 is 5.32 Å². The number of rotatable bonds is 6. The molecule has 1 heterocycles. The van der Waals surface area contributed by atoms with E-state index >= 15 is 0 Å². The largest absolute Gasteiger partial charge is 0.309 e. The van der Waals surface area contributed by atoms with Gasteiger partial charge in [0.15, 0.2) is 11.6 Å². The van der Waals surface area contributed by atoms with Crippen LogP contribution in [0.4, 0.5) is 8.78 Å². The topological polar surface area (TPSA) is 37.8 Å². The summed E-state index contributed by atoms with van der Waals surface area (Å²) in [6, 6.07) is 4.05. The maximum absolute atomic E-state index is 13.3. The van der Waals surface area contributed by atoms with Gasteiger partial charge in [0.1, 0.15) is 0 Å². The fourth-order valence-electron chi connectivity index (χ4n) is 2.25. The fourth-order valence-corrected chi connectivity index (χ4v) is 3.13. The second kappa shape index (κ2) is 7.04. The van der Waals surface area contributed by atoms with Crippen molar-refractivity contribution in [2.24, 2.45) is 0 Å². The molecule has 0 fully saturated rings. The third-order valence-corrected chi connectivity index (χ3v) is 4.13. The van der Waals surface area contributed by atoms with Gasteiger partial charge in [-0.05, 0) is 48.1 Å². The summed E-state index contributed by atoms with van der Waals surface area (Å²) < 4.78 is 30.4. The molecule has 2 aromatic rings. The van der Waals surface area contributed by atoms with Gasteiger partial charge >= 0.3 is 0 Å². The number of halogens is 2. The quantitative estimate of drug-likeness (QED) is 0.881. The standard InChI is InChI=1S/C15H19F2N3S/c1-4-18-13(15-14(9(2)3)19-20-21-15)8-10-5-6-11(16)12(17)7-10/h5-7,9,13,18H,4,8H2,1-3H3. The van der Waals surface area contributed by atoms with Gasteiger partial charge in [-0.3, -0.25) is 0 Å². The molecule has 1 N–H and O–H groups in total. The van der Waals surface area contributed by atoms with Crippen LogP contribution in [0.3, 0.4) is 0 Å². The van der Waals surface area contributed by atoms with E-state index < -0.39 is 11.6 Å². The SMILES string of the molecule is CCNC(Cc1ccc(F)c(F)c1)c1snnc1C(C)C. The zero-order valence-electron chi connectivity index (χ0n) is 12.4. The van der Waals surface area contributed by atoms with E-state index in [4.69, 9.17) is 0 Å². The Labute approximate surface area is 127 Å². The van der Waals surface area contributed by atoms with Crippen molar-refractivity contribution in [2.75, 3.05) is 6.54 Å². The molecule has 6 heteroatoms. The van der Waals surface area contributed by atoms with Crippen molar-refractivity contribution in [1.82, 2.24) is 14.9 Å². The van der Waals surface area contributed by atoms with Crippen molar-refractivity contribution in [3.8, 4) is 0 Å². The monoisotopic (exact) mass is 311 g/mol. The molecule has 0 bridgehead atoms. The second-order valence-corrected chi connectivity index (χ2v) is 6.03. The van der Waals surface area contributed by atoms with Crippen molar-refractivity contribution in [1.29, 1.82) is 0 Å². The van der Waals surface area contributed by atoms with Gasteiger partial charge in [-0.1, -0.05) is 31.3 Å². The summed E-state index contributed by atoms with van der Waals surface area (Å²) in [6.45, 7) is 6.94.